The molecule has 0 heterocycles. The van der Waals surface area contributed by atoms with E-state index in [0.717, 1.165) is 21.5 Å². The minimum atomic E-state index is -5.11. The summed E-state index contributed by atoms with van der Waals surface area (Å²) >= 11 is -10.2. The molecule has 0 aliphatic rings. The summed E-state index contributed by atoms with van der Waals surface area (Å²) in [6.45, 7) is 0. The molecule has 0 saturated carbocycles. The van der Waals surface area contributed by atoms with Crippen LogP contribution in [0.25, 0.3) is 0 Å². The quantitative estimate of drug-likeness (QED) is 0.151. The first-order valence-electron chi connectivity index (χ1n) is 16.5. The normalized spacial score (nSPS) is 11.4. The number of hydrogen-bond acceptors (Lipinski definition) is 7. The van der Waals surface area contributed by atoms with Gasteiger partial charge >= 0.3 is 312 Å². The van der Waals surface area contributed by atoms with Crippen molar-refractivity contribution in [3.8, 4) is 34.5 Å². The van der Waals surface area contributed by atoms with Crippen molar-refractivity contribution < 1.29 is 29.8 Å². The van der Waals surface area contributed by atoms with Crippen molar-refractivity contribution in [1.29, 1.82) is 0 Å². The summed E-state index contributed by atoms with van der Waals surface area (Å²) < 4.78 is 52.0. The van der Waals surface area contributed by atoms with Crippen LogP contribution in [0.3, 0.4) is 0 Å². The average molecular weight is 896 g/mol. The van der Waals surface area contributed by atoms with Crippen LogP contribution in [0.2, 0.25) is 0 Å². The Bertz CT molecular complexity index is 1720. The Morgan fingerprint density at radius 3 is 0.569 bits per heavy atom. The van der Waals surface area contributed by atoms with Crippen molar-refractivity contribution in [2.24, 2.45) is 0 Å². The topological polar surface area (TPSA) is 64.6 Å². The van der Waals surface area contributed by atoms with E-state index in [9.17, 15) is 0 Å². The number of methoxy groups -OCH3 is 6. The predicted molar refractivity (Wildman–Crippen MR) is 208 cm³/mol. The number of rotatable bonds is 14. The third kappa shape index (κ3) is 6.51. The van der Waals surface area contributed by atoms with Gasteiger partial charge in [0.05, 0.1) is 0 Å². The monoisotopic (exact) mass is 898 g/mol. The molecule has 0 saturated heterocycles. The zero-order chi connectivity index (χ0) is 35.8. The fourth-order valence-electron chi connectivity index (χ4n) is 7.04. The van der Waals surface area contributed by atoms with E-state index in [4.69, 9.17) is 29.8 Å². The molecule has 0 aliphatic carbocycles. The molecule has 6 rings (SSSR count). The van der Waals surface area contributed by atoms with Crippen LogP contribution in [0, 0.1) is 0 Å². The van der Waals surface area contributed by atoms with Crippen molar-refractivity contribution in [3.05, 3.63) is 146 Å². The Labute approximate surface area is 309 Å². The van der Waals surface area contributed by atoms with E-state index in [1.54, 1.807) is 42.7 Å². The predicted octanol–water partition coefficient (Wildman–Crippen LogP) is 4.39. The number of ether oxygens (including phenoxy) is 6. The van der Waals surface area contributed by atoms with Gasteiger partial charge in [-0.25, -0.2) is 0 Å². The van der Waals surface area contributed by atoms with Gasteiger partial charge in [0.15, 0.2) is 0 Å². The first-order valence-corrected chi connectivity index (χ1v) is 27.4. The summed E-state index contributed by atoms with van der Waals surface area (Å²) in [7, 11) is 10.2. The molecule has 6 aromatic rings. The van der Waals surface area contributed by atoms with E-state index in [2.05, 4.69) is 36.4 Å². The van der Waals surface area contributed by atoms with Crippen molar-refractivity contribution >= 4 is 59.1 Å². The zero-order valence-electron chi connectivity index (χ0n) is 29.7. The maximum atomic E-state index is 8.74. The Balaban J connectivity index is 1.94. The Morgan fingerprint density at radius 1 is 0.255 bits per heavy atom. The van der Waals surface area contributed by atoms with E-state index in [1.165, 1.54) is 0 Å². The summed E-state index contributed by atoms with van der Waals surface area (Å²) in [6.07, 6.45) is 0. The standard InChI is InChI=1S/6C7H7O.O.2Sn/c6*1-8-7-5-3-2-4-6-7;;;/h6*2-5H,1H3;;;. The van der Waals surface area contributed by atoms with Crippen LogP contribution in [-0.2, 0) is 1.41 Å². The summed E-state index contributed by atoms with van der Waals surface area (Å²) in [5.74, 6) is 4.28. The first-order chi connectivity index (χ1) is 25.0. The molecule has 6 aromatic carbocycles. The second-order valence-electron chi connectivity index (χ2n) is 11.7. The zero-order valence-corrected chi connectivity index (χ0v) is 35.4. The number of para-hydroxylation sites is 6. The number of benzene rings is 6. The molecule has 260 valence electrons. The fourth-order valence-corrected chi connectivity index (χ4v) is 51.4. The molecule has 0 bridgehead atoms. The Morgan fingerprint density at radius 2 is 0.412 bits per heavy atom. The van der Waals surface area contributed by atoms with Gasteiger partial charge in [0.1, 0.15) is 0 Å². The summed E-state index contributed by atoms with van der Waals surface area (Å²) in [5.41, 5.74) is 0. The van der Waals surface area contributed by atoms with Crippen LogP contribution in [-0.4, -0.2) is 80.2 Å². The van der Waals surface area contributed by atoms with Gasteiger partial charge in [-0.3, -0.25) is 0 Å². The average Bonchev–Trinajstić information content (AvgIpc) is 3.21. The van der Waals surface area contributed by atoms with E-state index in [0.29, 0.717) is 34.5 Å². The summed E-state index contributed by atoms with van der Waals surface area (Å²) in [4.78, 5) is 0. The molecule has 0 aromatic heterocycles. The van der Waals surface area contributed by atoms with E-state index < -0.39 is 37.6 Å². The van der Waals surface area contributed by atoms with Gasteiger partial charge in [0, 0.05) is 0 Å². The first kappa shape index (κ1) is 36.5. The third-order valence-corrected chi connectivity index (χ3v) is 42.8. The van der Waals surface area contributed by atoms with Crippen LogP contribution in [0.15, 0.2) is 146 Å². The van der Waals surface area contributed by atoms with Crippen LogP contribution >= 0.6 is 0 Å². The fraction of sp³-hybridized carbons (Fsp3) is 0.143. The Hall–Kier alpha value is -4.32. The molecule has 0 atom stereocenters. The SMILES string of the molecule is COc1cccc[c]1[Sn]([O][Sn]([c]1ccccc1OC)([c]1ccccc1OC)[c]1ccccc1OC)([c]1ccccc1OC)[c]1ccccc1OC. The summed E-state index contributed by atoms with van der Waals surface area (Å²) in [5, 5.41) is 0. The molecular weight excluding hydrogens is 854 g/mol. The van der Waals surface area contributed by atoms with E-state index >= 15 is 0 Å². The molecular formula is C42H42O7Sn2. The van der Waals surface area contributed by atoms with Gasteiger partial charge in [-0.15, -0.1) is 0 Å². The van der Waals surface area contributed by atoms with Crippen LogP contribution < -0.4 is 49.9 Å². The van der Waals surface area contributed by atoms with Crippen molar-refractivity contribution in [1.82, 2.24) is 0 Å². The van der Waals surface area contributed by atoms with Crippen molar-refractivity contribution in [2.45, 2.75) is 0 Å². The molecule has 0 unspecified atom stereocenters. The van der Waals surface area contributed by atoms with E-state index in [1.807, 2.05) is 109 Å². The molecule has 0 aliphatic heterocycles. The molecule has 0 amide bonds. The summed E-state index contributed by atoms with van der Waals surface area (Å²) in [6, 6.07) is 49.0. The van der Waals surface area contributed by atoms with Gasteiger partial charge < -0.3 is 0 Å². The second kappa shape index (κ2) is 16.3. The van der Waals surface area contributed by atoms with Crippen LogP contribution in [0.1, 0.15) is 0 Å². The Kier molecular flexibility index (Phi) is 11.7. The van der Waals surface area contributed by atoms with E-state index in [-0.39, 0.29) is 0 Å². The van der Waals surface area contributed by atoms with Gasteiger partial charge in [-0.05, 0) is 0 Å². The van der Waals surface area contributed by atoms with Crippen molar-refractivity contribution in [3.63, 3.8) is 0 Å². The molecule has 0 spiro atoms. The van der Waals surface area contributed by atoms with Crippen LogP contribution in [0.4, 0.5) is 0 Å². The third-order valence-electron chi connectivity index (χ3n) is 9.22. The number of hydrogen-bond donors (Lipinski definition) is 0. The van der Waals surface area contributed by atoms with Gasteiger partial charge in [-0.2, -0.15) is 0 Å². The van der Waals surface area contributed by atoms with Crippen molar-refractivity contribution in [2.75, 3.05) is 42.7 Å². The molecule has 0 radical (unpaired) electrons. The minimum absolute atomic E-state index is 0.713. The molecule has 9 heteroatoms. The second-order valence-corrected chi connectivity index (χ2v) is 33.2. The maximum absolute atomic E-state index is 8.74. The van der Waals surface area contributed by atoms with Gasteiger partial charge in [0.2, 0.25) is 0 Å². The van der Waals surface area contributed by atoms with Gasteiger partial charge in [-0.1, -0.05) is 0 Å². The van der Waals surface area contributed by atoms with Crippen LogP contribution in [0.5, 0.6) is 34.5 Å². The molecule has 7 nitrogen and oxygen atoms in total. The van der Waals surface area contributed by atoms with Gasteiger partial charge in [0.25, 0.3) is 0 Å². The molecule has 0 N–H and O–H groups in total. The molecule has 0 fully saturated rings. The molecule has 51 heavy (non-hydrogen) atoms.